The van der Waals surface area contributed by atoms with Gasteiger partial charge < -0.3 is 5.73 Å². The Morgan fingerprint density at radius 3 is 2.48 bits per heavy atom. The lowest BCUT2D eigenvalue weighted by molar-refractivity contribution is 0.154. The third-order valence-corrected chi connectivity index (χ3v) is 6.03. The summed E-state index contributed by atoms with van der Waals surface area (Å²) in [5, 5.41) is 4.67. The predicted octanol–water partition coefficient (Wildman–Crippen LogP) is 3.12. The van der Waals surface area contributed by atoms with Crippen molar-refractivity contribution in [1.82, 2.24) is 14.7 Å². The van der Waals surface area contributed by atoms with Crippen molar-refractivity contribution >= 4 is 33.1 Å². The quantitative estimate of drug-likeness (QED) is 0.806. The topological polar surface area (TPSA) is 47.1 Å². The number of likely N-dealkylation sites (tertiary alicyclic amines) is 1. The molecule has 6 heteroatoms. The molecule has 2 rings (SSSR count). The second-order valence-electron chi connectivity index (χ2n) is 6.08. The van der Waals surface area contributed by atoms with E-state index in [9.17, 15) is 0 Å². The van der Waals surface area contributed by atoms with Gasteiger partial charge in [0.1, 0.15) is 0 Å². The van der Waals surface area contributed by atoms with Gasteiger partial charge in [0.15, 0.2) is 0 Å². The number of nitrogens with two attached hydrogens (primary N) is 1. The minimum absolute atomic E-state index is 0.0304. The SMILES string of the molecule is CCc1nn(CC)c(CN2CCC(C)(C(N)=S)CC2)c1Br. The van der Waals surface area contributed by atoms with Crippen LogP contribution in [0.25, 0.3) is 0 Å². The summed E-state index contributed by atoms with van der Waals surface area (Å²) in [6.07, 6.45) is 3.04. The molecular formula is C15H25BrN4S. The van der Waals surface area contributed by atoms with Gasteiger partial charge in [-0.3, -0.25) is 9.58 Å². The van der Waals surface area contributed by atoms with Gasteiger partial charge in [0, 0.05) is 18.5 Å². The highest BCUT2D eigenvalue weighted by Gasteiger charge is 2.33. The van der Waals surface area contributed by atoms with Crippen molar-refractivity contribution in [2.45, 2.75) is 53.1 Å². The van der Waals surface area contributed by atoms with E-state index in [0.717, 1.165) is 51.1 Å². The maximum Gasteiger partial charge on any atom is 0.0788 e. The number of nitrogens with zero attached hydrogens (tertiary/aromatic N) is 3. The van der Waals surface area contributed by atoms with Crippen LogP contribution in [-0.2, 0) is 19.5 Å². The van der Waals surface area contributed by atoms with E-state index in [2.05, 4.69) is 51.4 Å². The first-order chi connectivity index (χ1) is 9.91. The fourth-order valence-corrected chi connectivity index (χ4v) is 3.73. The fraction of sp³-hybridized carbons (Fsp3) is 0.733. The highest BCUT2D eigenvalue weighted by Crippen LogP contribution is 2.32. The molecule has 1 aliphatic heterocycles. The second-order valence-corrected chi connectivity index (χ2v) is 7.31. The maximum atomic E-state index is 5.88. The molecule has 2 N–H and O–H groups in total. The number of aryl methyl sites for hydroxylation is 2. The lowest BCUT2D eigenvalue weighted by Gasteiger charge is -2.38. The fourth-order valence-electron chi connectivity index (χ4n) is 2.83. The molecule has 0 aromatic carbocycles. The molecule has 2 heterocycles. The van der Waals surface area contributed by atoms with E-state index in [1.165, 1.54) is 10.2 Å². The lowest BCUT2D eigenvalue weighted by Crippen LogP contribution is -2.44. The van der Waals surface area contributed by atoms with E-state index in [-0.39, 0.29) is 5.41 Å². The average molecular weight is 373 g/mol. The maximum absolute atomic E-state index is 5.88. The molecular weight excluding hydrogens is 348 g/mol. The van der Waals surface area contributed by atoms with E-state index >= 15 is 0 Å². The minimum Gasteiger partial charge on any atom is -0.393 e. The summed E-state index contributed by atoms with van der Waals surface area (Å²) >= 11 is 8.94. The zero-order valence-electron chi connectivity index (χ0n) is 13.2. The van der Waals surface area contributed by atoms with Gasteiger partial charge in [-0.1, -0.05) is 26.1 Å². The van der Waals surface area contributed by atoms with E-state index in [4.69, 9.17) is 18.0 Å². The van der Waals surface area contributed by atoms with Crippen LogP contribution in [0.4, 0.5) is 0 Å². The summed E-state index contributed by atoms with van der Waals surface area (Å²) in [5.41, 5.74) is 8.35. The summed E-state index contributed by atoms with van der Waals surface area (Å²) in [5.74, 6) is 0. The van der Waals surface area contributed by atoms with Gasteiger partial charge in [-0.15, -0.1) is 0 Å². The molecule has 1 aromatic rings. The lowest BCUT2D eigenvalue weighted by atomic mass is 9.80. The molecule has 0 saturated carbocycles. The van der Waals surface area contributed by atoms with Gasteiger partial charge in [0.2, 0.25) is 0 Å². The van der Waals surface area contributed by atoms with Gasteiger partial charge >= 0.3 is 0 Å². The molecule has 0 spiro atoms. The van der Waals surface area contributed by atoms with Crippen LogP contribution in [0.5, 0.6) is 0 Å². The number of thiocarbonyl (C=S) groups is 1. The highest BCUT2D eigenvalue weighted by molar-refractivity contribution is 9.10. The average Bonchev–Trinajstić information content (AvgIpc) is 2.77. The van der Waals surface area contributed by atoms with Crippen LogP contribution in [0.3, 0.4) is 0 Å². The summed E-state index contributed by atoms with van der Waals surface area (Å²) in [4.78, 5) is 3.14. The molecule has 21 heavy (non-hydrogen) atoms. The summed E-state index contributed by atoms with van der Waals surface area (Å²) in [6, 6.07) is 0. The van der Waals surface area contributed by atoms with Crippen molar-refractivity contribution in [3.05, 3.63) is 15.9 Å². The highest BCUT2D eigenvalue weighted by atomic mass is 79.9. The number of rotatable bonds is 5. The van der Waals surface area contributed by atoms with Crippen LogP contribution >= 0.6 is 28.1 Å². The molecule has 118 valence electrons. The Labute approximate surface area is 141 Å². The number of halogens is 1. The van der Waals surface area contributed by atoms with Gasteiger partial charge in [0.05, 0.1) is 20.8 Å². The molecule has 0 unspecified atom stereocenters. The Bertz CT molecular complexity index is 518. The first kappa shape index (κ1) is 16.9. The number of piperidine rings is 1. The van der Waals surface area contributed by atoms with Crippen molar-refractivity contribution in [2.24, 2.45) is 11.1 Å². The molecule has 0 aliphatic carbocycles. The molecule has 1 saturated heterocycles. The van der Waals surface area contributed by atoms with E-state index < -0.39 is 0 Å². The van der Waals surface area contributed by atoms with Crippen molar-refractivity contribution < 1.29 is 0 Å². The molecule has 1 fully saturated rings. The first-order valence-corrected chi connectivity index (χ1v) is 8.87. The van der Waals surface area contributed by atoms with Crippen molar-refractivity contribution in [3.8, 4) is 0 Å². The van der Waals surface area contributed by atoms with Crippen molar-refractivity contribution in [2.75, 3.05) is 13.1 Å². The molecule has 4 nitrogen and oxygen atoms in total. The van der Waals surface area contributed by atoms with Gasteiger partial charge in [0.25, 0.3) is 0 Å². The summed E-state index contributed by atoms with van der Waals surface area (Å²) in [6.45, 7) is 10.4. The smallest absolute Gasteiger partial charge is 0.0788 e. The van der Waals surface area contributed by atoms with Crippen molar-refractivity contribution in [3.63, 3.8) is 0 Å². The van der Waals surface area contributed by atoms with E-state index in [0.29, 0.717) is 4.99 Å². The summed E-state index contributed by atoms with van der Waals surface area (Å²) in [7, 11) is 0. The van der Waals surface area contributed by atoms with Crippen LogP contribution in [0.1, 0.15) is 45.0 Å². The van der Waals surface area contributed by atoms with Crippen molar-refractivity contribution in [1.29, 1.82) is 0 Å². The normalized spacial score (nSPS) is 18.9. The first-order valence-electron chi connectivity index (χ1n) is 7.67. The standard InChI is InChI=1S/C15H25BrN4S/c1-4-11-13(16)12(20(5-2)18-11)10-19-8-6-15(3,7-9-19)14(17)21/h4-10H2,1-3H3,(H2,17,21). The number of hydrogen-bond donors (Lipinski definition) is 1. The minimum atomic E-state index is 0.0304. The number of hydrogen-bond acceptors (Lipinski definition) is 3. The van der Waals surface area contributed by atoms with Crippen LogP contribution in [0, 0.1) is 5.41 Å². The van der Waals surface area contributed by atoms with Gasteiger partial charge in [-0.25, -0.2) is 0 Å². The van der Waals surface area contributed by atoms with Crippen LogP contribution < -0.4 is 5.73 Å². The van der Waals surface area contributed by atoms with Gasteiger partial charge in [-0.05, 0) is 55.2 Å². The molecule has 1 aliphatic rings. The largest absolute Gasteiger partial charge is 0.393 e. The Morgan fingerprint density at radius 1 is 1.38 bits per heavy atom. The Morgan fingerprint density at radius 2 is 2.00 bits per heavy atom. The Balaban J connectivity index is 2.07. The number of aromatic nitrogens is 2. The molecule has 0 bridgehead atoms. The Kier molecular flexibility index (Phi) is 5.43. The van der Waals surface area contributed by atoms with E-state index in [1.54, 1.807) is 0 Å². The molecule has 1 aromatic heterocycles. The molecule has 0 amide bonds. The predicted molar refractivity (Wildman–Crippen MR) is 94.4 cm³/mol. The monoisotopic (exact) mass is 372 g/mol. The molecule has 0 atom stereocenters. The second kappa shape index (κ2) is 6.75. The van der Waals surface area contributed by atoms with Crippen LogP contribution in [-0.4, -0.2) is 32.8 Å². The van der Waals surface area contributed by atoms with E-state index in [1.807, 2.05) is 0 Å². The third kappa shape index (κ3) is 3.48. The van der Waals surface area contributed by atoms with Gasteiger partial charge in [-0.2, -0.15) is 5.10 Å². The summed E-state index contributed by atoms with van der Waals surface area (Å²) < 4.78 is 3.29. The van der Waals surface area contributed by atoms with Crippen LogP contribution in [0.2, 0.25) is 0 Å². The molecule has 0 radical (unpaired) electrons. The third-order valence-electron chi connectivity index (χ3n) is 4.62. The Hall–Kier alpha value is -0.460. The zero-order chi connectivity index (χ0) is 15.6. The van der Waals surface area contributed by atoms with Crippen LogP contribution in [0.15, 0.2) is 4.47 Å². The zero-order valence-corrected chi connectivity index (χ0v) is 15.6.